The molecule has 1 aliphatic rings. The zero-order valence-corrected chi connectivity index (χ0v) is 16.2. The molecule has 0 saturated carbocycles. The molecule has 0 radical (unpaired) electrons. The molecule has 3 rings (SSSR count). The molecule has 3 amide bonds. The molecule has 146 valence electrons. The van der Waals surface area contributed by atoms with E-state index in [4.69, 9.17) is 21.1 Å². The Morgan fingerprint density at radius 1 is 1.04 bits per heavy atom. The Morgan fingerprint density at radius 2 is 1.61 bits per heavy atom. The second-order valence-corrected chi connectivity index (χ2v) is 6.62. The molecular formula is C20H19ClN2O5. The second-order valence-electron chi connectivity index (χ2n) is 6.21. The molecule has 0 unspecified atom stereocenters. The normalized spacial score (nSPS) is 13.6. The first-order valence-electron chi connectivity index (χ1n) is 8.58. The van der Waals surface area contributed by atoms with Crippen LogP contribution in [0.4, 0.5) is 5.69 Å². The number of anilines is 1. The highest BCUT2D eigenvalue weighted by Crippen LogP contribution is 2.36. The van der Waals surface area contributed by atoms with Crippen molar-refractivity contribution < 1.29 is 23.9 Å². The highest BCUT2D eigenvalue weighted by Gasteiger charge is 2.28. The predicted molar refractivity (Wildman–Crippen MR) is 104 cm³/mol. The highest BCUT2D eigenvalue weighted by molar-refractivity contribution is 6.34. The third-order valence-corrected chi connectivity index (χ3v) is 4.75. The average molecular weight is 403 g/mol. The van der Waals surface area contributed by atoms with E-state index in [0.717, 1.165) is 5.56 Å². The number of methoxy groups -OCH3 is 2. The van der Waals surface area contributed by atoms with Crippen molar-refractivity contribution in [3.63, 3.8) is 0 Å². The van der Waals surface area contributed by atoms with Gasteiger partial charge >= 0.3 is 0 Å². The Kier molecular flexibility index (Phi) is 5.84. The summed E-state index contributed by atoms with van der Waals surface area (Å²) in [6, 6.07) is 9.82. The molecule has 0 bridgehead atoms. The fraction of sp³-hybridized carbons (Fsp3) is 0.250. The fourth-order valence-corrected chi connectivity index (χ4v) is 3.09. The SMILES string of the molecule is COc1cc(Cl)c(NC(=O)c2ccc(CN3C(=O)CCC3=O)cc2)cc1OC. The zero-order chi connectivity index (χ0) is 20.3. The van der Waals surface area contributed by atoms with Crippen LogP contribution in [0.5, 0.6) is 11.5 Å². The Hall–Kier alpha value is -3.06. The minimum atomic E-state index is -0.353. The summed E-state index contributed by atoms with van der Waals surface area (Å²) in [4.78, 5) is 37.2. The summed E-state index contributed by atoms with van der Waals surface area (Å²) >= 11 is 6.20. The van der Waals surface area contributed by atoms with Gasteiger partial charge in [0.2, 0.25) is 11.8 Å². The maximum absolute atomic E-state index is 12.5. The van der Waals surface area contributed by atoms with E-state index < -0.39 is 0 Å². The van der Waals surface area contributed by atoms with Crippen LogP contribution < -0.4 is 14.8 Å². The van der Waals surface area contributed by atoms with Crippen LogP contribution in [0, 0.1) is 0 Å². The molecule has 1 heterocycles. The summed E-state index contributed by atoms with van der Waals surface area (Å²) in [5.41, 5.74) is 1.57. The molecule has 0 aliphatic carbocycles. The molecule has 8 heteroatoms. The molecule has 0 aromatic heterocycles. The third-order valence-electron chi connectivity index (χ3n) is 4.43. The number of amides is 3. The van der Waals surface area contributed by atoms with E-state index >= 15 is 0 Å². The predicted octanol–water partition coefficient (Wildman–Crippen LogP) is 3.26. The summed E-state index contributed by atoms with van der Waals surface area (Å²) in [6.07, 6.45) is 0.511. The van der Waals surface area contributed by atoms with Crippen LogP contribution in [0.15, 0.2) is 36.4 Å². The number of imide groups is 1. The summed E-state index contributed by atoms with van der Waals surface area (Å²) in [7, 11) is 2.99. The number of carbonyl (C=O) groups excluding carboxylic acids is 3. The van der Waals surface area contributed by atoms with E-state index in [2.05, 4.69) is 5.32 Å². The van der Waals surface area contributed by atoms with Crippen molar-refractivity contribution in [3.8, 4) is 11.5 Å². The summed E-state index contributed by atoms with van der Waals surface area (Å²) in [6.45, 7) is 0.209. The molecule has 1 saturated heterocycles. The summed E-state index contributed by atoms with van der Waals surface area (Å²) < 4.78 is 10.4. The maximum Gasteiger partial charge on any atom is 0.255 e. The number of hydrogen-bond donors (Lipinski definition) is 1. The minimum absolute atomic E-state index is 0.171. The van der Waals surface area contributed by atoms with Gasteiger partial charge in [-0.3, -0.25) is 19.3 Å². The van der Waals surface area contributed by atoms with E-state index in [1.165, 1.54) is 19.1 Å². The average Bonchev–Trinajstić information content (AvgIpc) is 3.01. The number of nitrogens with zero attached hydrogens (tertiary/aromatic N) is 1. The van der Waals surface area contributed by atoms with Crippen molar-refractivity contribution in [3.05, 3.63) is 52.5 Å². The number of benzene rings is 2. The van der Waals surface area contributed by atoms with Gasteiger partial charge in [0.05, 0.1) is 31.5 Å². The van der Waals surface area contributed by atoms with Gasteiger partial charge in [-0.2, -0.15) is 0 Å². The van der Waals surface area contributed by atoms with Gasteiger partial charge in [-0.15, -0.1) is 0 Å². The molecular weight excluding hydrogens is 384 g/mol. The van der Waals surface area contributed by atoms with Crippen LogP contribution in [0.25, 0.3) is 0 Å². The van der Waals surface area contributed by atoms with Crippen molar-refractivity contribution >= 4 is 35.0 Å². The van der Waals surface area contributed by atoms with Gasteiger partial charge in [0.25, 0.3) is 5.91 Å². The minimum Gasteiger partial charge on any atom is -0.493 e. The molecule has 28 heavy (non-hydrogen) atoms. The lowest BCUT2D eigenvalue weighted by Crippen LogP contribution is -2.28. The lowest BCUT2D eigenvalue weighted by Gasteiger charge is -2.14. The van der Waals surface area contributed by atoms with E-state index in [-0.39, 0.29) is 37.1 Å². The first-order valence-corrected chi connectivity index (χ1v) is 8.95. The van der Waals surface area contributed by atoms with Crippen molar-refractivity contribution in [2.45, 2.75) is 19.4 Å². The standard InChI is InChI=1S/C20H19ClN2O5/c1-27-16-9-14(21)15(10-17(16)28-2)22-20(26)13-5-3-12(4-6-13)11-23-18(24)7-8-19(23)25/h3-6,9-10H,7-8,11H2,1-2H3,(H,22,26). The first kappa shape index (κ1) is 19.7. The lowest BCUT2D eigenvalue weighted by atomic mass is 10.1. The number of ether oxygens (including phenoxy) is 2. The van der Waals surface area contributed by atoms with Crippen molar-refractivity contribution in [2.24, 2.45) is 0 Å². The molecule has 1 aliphatic heterocycles. The first-order chi connectivity index (χ1) is 13.4. The lowest BCUT2D eigenvalue weighted by molar-refractivity contribution is -0.139. The van der Waals surface area contributed by atoms with Crippen LogP contribution in [-0.4, -0.2) is 36.8 Å². The summed E-state index contributed by atoms with van der Waals surface area (Å²) in [5, 5.41) is 3.05. The Bertz CT molecular complexity index is 911. The second kappa shape index (κ2) is 8.31. The Labute approximate surface area is 167 Å². The Morgan fingerprint density at radius 3 is 2.18 bits per heavy atom. The molecule has 2 aromatic rings. The van der Waals surface area contributed by atoms with Crippen LogP contribution in [0.3, 0.4) is 0 Å². The van der Waals surface area contributed by atoms with Gasteiger partial charge in [-0.1, -0.05) is 23.7 Å². The van der Waals surface area contributed by atoms with Crippen molar-refractivity contribution in [2.75, 3.05) is 19.5 Å². The number of hydrogen-bond acceptors (Lipinski definition) is 5. The topological polar surface area (TPSA) is 84.9 Å². The number of carbonyl (C=O) groups is 3. The number of rotatable bonds is 6. The van der Waals surface area contributed by atoms with Gasteiger partial charge in [0.15, 0.2) is 11.5 Å². The van der Waals surface area contributed by atoms with Gasteiger partial charge in [0, 0.05) is 30.5 Å². The van der Waals surface area contributed by atoms with Gasteiger partial charge in [0.1, 0.15) is 0 Å². The van der Waals surface area contributed by atoms with E-state index in [1.54, 1.807) is 36.4 Å². The molecule has 1 fully saturated rings. The van der Waals surface area contributed by atoms with E-state index in [0.29, 0.717) is 27.8 Å². The molecule has 1 N–H and O–H groups in total. The smallest absolute Gasteiger partial charge is 0.255 e. The highest BCUT2D eigenvalue weighted by atomic mass is 35.5. The van der Waals surface area contributed by atoms with Crippen molar-refractivity contribution in [1.29, 1.82) is 0 Å². The van der Waals surface area contributed by atoms with Crippen molar-refractivity contribution in [1.82, 2.24) is 4.90 Å². The largest absolute Gasteiger partial charge is 0.493 e. The molecule has 7 nitrogen and oxygen atoms in total. The third kappa shape index (κ3) is 4.09. The van der Waals surface area contributed by atoms with E-state index in [9.17, 15) is 14.4 Å². The van der Waals surface area contributed by atoms with Crippen LogP contribution >= 0.6 is 11.6 Å². The number of nitrogens with one attached hydrogen (secondary N) is 1. The summed E-state index contributed by atoms with van der Waals surface area (Å²) in [5.74, 6) is 0.206. The van der Waals surface area contributed by atoms with Gasteiger partial charge in [-0.25, -0.2) is 0 Å². The number of halogens is 1. The molecule has 0 atom stereocenters. The fourth-order valence-electron chi connectivity index (χ4n) is 2.89. The van der Waals surface area contributed by atoms with Crippen LogP contribution in [0.2, 0.25) is 5.02 Å². The molecule has 2 aromatic carbocycles. The van der Waals surface area contributed by atoms with Crippen LogP contribution in [-0.2, 0) is 16.1 Å². The maximum atomic E-state index is 12.5. The van der Waals surface area contributed by atoms with Gasteiger partial charge < -0.3 is 14.8 Å². The molecule has 0 spiro atoms. The monoisotopic (exact) mass is 402 g/mol. The zero-order valence-electron chi connectivity index (χ0n) is 15.5. The Balaban J connectivity index is 1.71. The van der Waals surface area contributed by atoms with Gasteiger partial charge in [-0.05, 0) is 17.7 Å². The quantitative estimate of drug-likeness (QED) is 0.749. The number of likely N-dealkylation sites (tertiary alicyclic amines) is 1. The van der Waals surface area contributed by atoms with Crippen LogP contribution in [0.1, 0.15) is 28.8 Å². The van der Waals surface area contributed by atoms with E-state index in [1.807, 2.05) is 0 Å².